The highest BCUT2D eigenvalue weighted by molar-refractivity contribution is 6.32. The molecule has 0 amide bonds. The Morgan fingerprint density at radius 2 is 1.71 bits per heavy atom. The van der Waals surface area contributed by atoms with Crippen molar-refractivity contribution in [3.05, 3.63) is 57.3 Å². The van der Waals surface area contributed by atoms with Gasteiger partial charge in [0.15, 0.2) is 0 Å². The minimum Gasteiger partial charge on any atom is -0.486 e. The minimum atomic E-state index is 0.225. The van der Waals surface area contributed by atoms with Crippen LogP contribution in [0.25, 0.3) is 0 Å². The number of pyridine rings is 1. The summed E-state index contributed by atoms with van der Waals surface area (Å²) in [5, 5.41) is 1.44. The molecule has 2 aromatic rings. The Morgan fingerprint density at radius 3 is 2.47 bits per heavy atom. The SMILES string of the molecule is Clc1ccc(Cl)c(COc2ccccc2Cl)n1. The van der Waals surface area contributed by atoms with Crippen LogP contribution in [0.5, 0.6) is 5.75 Å². The lowest BCUT2D eigenvalue weighted by Gasteiger charge is -2.08. The fraction of sp³-hybridized carbons (Fsp3) is 0.0833. The van der Waals surface area contributed by atoms with Crippen LogP contribution in [0.4, 0.5) is 0 Å². The summed E-state index contributed by atoms with van der Waals surface area (Å²) >= 11 is 17.7. The number of hydrogen-bond acceptors (Lipinski definition) is 2. The van der Waals surface area contributed by atoms with E-state index in [2.05, 4.69) is 4.98 Å². The van der Waals surface area contributed by atoms with E-state index in [-0.39, 0.29) is 6.61 Å². The Hall–Kier alpha value is -0.960. The van der Waals surface area contributed by atoms with Crippen molar-refractivity contribution in [1.29, 1.82) is 0 Å². The fourth-order valence-electron chi connectivity index (χ4n) is 1.27. The third-order valence-corrected chi connectivity index (χ3v) is 2.95. The Bertz CT molecular complexity index is 531. The summed E-state index contributed by atoms with van der Waals surface area (Å²) in [6, 6.07) is 10.5. The lowest BCUT2D eigenvalue weighted by molar-refractivity contribution is 0.301. The third-order valence-electron chi connectivity index (χ3n) is 2.09. The molecule has 17 heavy (non-hydrogen) atoms. The van der Waals surface area contributed by atoms with Gasteiger partial charge in [-0.25, -0.2) is 4.98 Å². The zero-order chi connectivity index (χ0) is 12.3. The molecular formula is C12H8Cl3NO. The maximum atomic E-state index is 5.97. The Balaban J connectivity index is 2.12. The standard InChI is InChI=1S/C12H8Cl3NO/c13-8-5-6-12(15)16-10(8)7-17-11-4-2-1-3-9(11)14/h1-6H,7H2. The predicted molar refractivity (Wildman–Crippen MR) is 70.0 cm³/mol. The number of benzene rings is 1. The molecule has 5 heteroatoms. The van der Waals surface area contributed by atoms with Crippen LogP contribution in [0.2, 0.25) is 15.2 Å². The molecule has 0 aliphatic rings. The van der Waals surface area contributed by atoms with Gasteiger partial charge >= 0.3 is 0 Å². The number of rotatable bonds is 3. The molecule has 1 aromatic carbocycles. The molecule has 88 valence electrons. The summed E-state index contributed by atoms with van der Waals surface area (Å²) in [5.41, 5.74) is 0.582. The number of hydrogen-bond donors (Lipinski definition) is 0. The van der Waals surface area contributed by atoms with Crippen molar-refractivity contribution in [1.82, 2.24) is 4.98 Å². The van der Waals surface area contributed by atoms with E-state index in [1.807, 2.05) is 12.1 Å². The molecule has 0 fully saturated rings. The van der Waals surface area contributed by atoms with Crippen molar-refractivity contribution in [3.8, 4) is 5.75 Å². The van der Waals surface area contributed by atoms with Crippen molar-refractivity contribution >= 4 is 34.8 Å². The maximum absolute atomic E-state index is 5.97. The van der Waals surface area contributed by atoms with E-state index in [1.54, 1.807) is 24.3 Å². The van der Waals surface area contributed by atoms with E-state index in [4.69, 9.17) is 39.5 Å². The maximum Gasteiger partial charge on any atom is 0.138 e. The molecule has 1 aromatic heterocycles. The molecule has 0 N–H and O–H groups in total. The van der Waals surface area contributed by atoms with Gasteiger partial charge in [0.1, 0.15) is 17.5 Å². The summed E-state index contributed by atoms with van der Waals surface area (Å²) in [6.45, 7) is 0.225. The average Bonchev–Trinajstić information content (AvgIpc) is 2.32. The Labute approximate surface area is 114 Å². The summed E-state index contributed by atoms with van der Waals surface area (Å²) in [5.74, 6) is 0.590. The first-order chi connectivity index (χ1) is 8.16. The van der Waals surface area contributed by atoms with Gasteiger partial charge in [0.25, 0.3) is 0 Å². The van der Waals surface area contributed by atoms with Gasteiger partial charge in [-0.05, 0) is 24.3 Å². The van der Waals surface area contributed by atoms with Gasteiger partial charge in [0.05, 0.1) is 15.7 Å². The zero-order valence-corrected chi connectivity index (χ0v) is 10.9. The average molecular weight is 289 g/mol. The van der Waals surface area contributed by atoms with Gasteiger partial charge in [-0.3, -0.25) is 0 Å². The van der Waals surface area contributed by atoms with Crippen LogP contribution in [0, 0.1) is 0 Å². The Morgan fingerprint density at radius 1 is 0.941 bits per heavy atom. The van der Waals surface area contributed by atoms with Gasteiger partial charge in [0, 0.05) is 0 Å². The van der Waals surface area contributed by atoms with Crippen LogP contribution in [-0.4, -0.2) is 4.98 Å². The van der Waals surface area contributed by atoms with Crippen molar-refractivity contribution < 1.29 is 4.74 Å². The third kappa shape index (κ3) is 3.25. The molecule has 1 heterocycles. The van der Waals surface area contributed by atoms with Crippen molar-refractivity contribution in [2.24, 2.45) is 0 Å². The highest BCUT2D eigenvalue weighted by Gasteiger charge is 2.06. The number of ether oxygens (including phenoxy) is 1. The highest BCUT2D eigenvalue weighted by atomic mass is 35.5. The Kier molecular flexibility index (Phi) is 4.11. The second-order valence-electron chi connectivity index (χ2n) is 3.28. The molecule has 0 saturated heterocycles. The summed E-state index contributed by atoms with van der Waals surface area (Å²) in [6.07, 6.45) is 0. The smallest absolute Gasteiger partial charge is 0.138 e. The van der Waals surface area contributed by atoms with Crippen LogP contribution < -0.4 is 4.74 Å². The minimum absolute atomic E-state index is 0.225. The van der Waals surface area contributed by atoms with Crippen LogP contribution >= 0.6 is 34.8 Å². The molecular weight excluding hydrogens is 280 g/mol. The van der Waals surface area contributed by atoms with E-state index < -0.39 is 0 Å². The molecule has 0 spiro atoms. The molecule has 0 saturated carbocycles. The highest BCUT2D eigenvalue weighted by Crippen LogP contribution is 2.25. The van der Waals surface area contributed by atoms with Gasteiger partial charge < -0.3 is 4.74 Å². The largest absolute Gasteiger partial charge is 0.486 e. The van der Waals surface area contributed by atoms with Crippen LogP contribution in [0.15, 0.2) is 36.4 Å². The predicted octanol–water partition coefficient (Wildman–Crippen LogP) is 4.62. The van der Waals surface area contributed by atoms with Gasteiger partial charge in [0.2, 0.25) is 0 Å². The number of para-hydroxylation sites is 1. The van der Waals surface area contributed by atoms with Gasteiger partial charge in [-0.1, -0.05) is 46.9 Å². The lowest BCUT2D eigenvalue weighted by atomic mass is 10.3. The van der Waals surface area contributed by atoms with E-state index in [0.29, 0.717) is 26.6 Å². The summed E-state index contributed by atoms with van der Waals surface area (Å²) in [7, 11) is 0. The summed E-state index contributed by atoms with van der Waals surface area (Å²) in [4.78, 5) is 4.08. The normalized spacial score (nSPS) is 10.3. The molecule has 0 bridgehead atoms. The molecule has 0 aliphatic carbocycles. The second-order valence-corrected chi connectivity index (χ2v) is 4.48. The van der Waals surface area contributed by atoms with E-state index in [1.165, 1.54) is 0 Å². The quantitative estimate of drug-likeness (QED) is 0.769. The van der Waals surface area contributed by atoms with Crippen molar-refractivity contribution in [2.75, 3.05) is 0 Å². The van der Waals surface area contributed by atoms with Crippen LogP contribution in [0.1, 0.15) is 5.69 Å². The monoisotopic (exact) mass is 287 g/mol. The second kappa shape index (κ2) is 5.58. The molecule has 2 nitrogen and oxygen atoms in total. The lowest BCUT2D eigenvalue weighted by Crippen LogP contribution is -1.99. The molecule has 2 rings (SSSR count). The van der Waals surface area contributed by atoms with Gasteiger partial charge in [-0.2, -0.15) is 0 Å². The molecule has 0 atom stereocenters. The number of aromatic nitrogens is 1. The summed E-state index contributed by atoms with van der Waals surface area (Å²) < 4.78 is 5.52. The van der Waals surface area contributed by atoms with E-state index in [0.717, 1.165) is 0 Å². The number of halogens is 3. The topological polar surface area (TPSA) is 22.1 Å². The first-order valence-corrected chi connectivity index (χ1v) is 5.98. The molecule has 0 aliphatic heterocycles. The van der Waals surface area contributed by atoms with Crippen LogP contribution in [-0.2, 0) is 6.61 Å². The first kappa shape index (κ1) is 12.5. The zero-order valence-electron chi connectivity index (χ0n) is 8.66. The van der Waals surface area contributed by atoms with E-state index in [9.17, 15) is 0 Å². The molecule has 0 radical (unpaired) electrons. The van der Waals surface area contributed by atoms with Crippen molar-refractivity contribution in [3.63, 3.8) is 0 Å². The fourth-order valence-corrected chi connectivity index (χ4v) is 1.78. The molecule has 0 unspecified atom stereocenters. The van der Waals surface area contributed by atoms with E-state index >= 15 is 0 Å². The van der Waals surface area contributed by atoms with Crippen molar-refractivity contribution in [2.45, 2.75) is 6.61 Å². The first-order valence-electron chi connectivity index (χ1n) is 4.85. The van der Waals surface area contributed by atoms with Crippen LogP contribution in [0.3, 0.4) is 0 Å². The van der Waals surface area contributed by atoms with Gasteiger partial charge in [-0.15, -0.1) is 0 Å². The number of nitrogens with zero attached hydrogens (tertiary/aromatic N) is 1.